The van der Waals surface area contributed by atoms with E-state index in [0.29, 0.717) is 29.6 Å². The van der Waals surface area contributed by atoms with E-state index < -0.39 is 0 Å². The topological polar surface area (TPSA) is 21.3 Å². The molecule has 0 spiro atoms. The van der Waals surface area contributed by atoms with Crippen LogP contribution in [0.4, 0.5) is 8.78 Å². The van der Waals surface area contributed by atoms with Crippen LogP contribution >= 0.6 is 0 Å². The molecule has 0 aromatic heterocycles. The molecule has 1 aliphatic rings. The van der Waals surface area contributed by atoms with Crippen LogP contribution in [-0.4, -0.2) is 6.04 Å². The van der Waals surface area contributed by atoms with Gasteiger partial charge in [0, 0.05) is 18.2 Å². The molecule has 1 aliphatic carbocycles. The maximum atomic E-state index is 13.4. The fourth-order valence-electron chi connectivity index (χ4n) is 2.14. The van der Waals surface area contributed by atoms with Gasteiger partial charge in [0.15, 0.2) is 0 Å². The highest BCUT2D eigenvalue weighted by atomic mass is 19.1. The maximum absolute atomic E-state index is 13.4. The van der Waals surface area contributed by atoms with Gasteiger partial charge in [0.25, 0.3) is 0 Å². The molecule has 4 heteroatoms. The lowest BCUT2D eigenvalue weighted by atomic mass is 10.2. The molecule has 21 heavy (non-hydrogen) atoms. The summed E-state index contributed by atoms with van der Waals surface area (Å²) >= 11 is 0. The van der Waals surface area contributed by atoms with Crippen LogP contribution in [0.5, 0.6) is 11.5 Å². The van der Waals surface area contributed by atoms with Gasteiger partial charge in [0.1, 0.15) is 23.1 Å². The van der Waals surface area contributed by atoms with Gasteiger partial charge in [-0.05, 0) is 61.7 Å². The minimum absolute atomic E-state index is 0.267. The summed E-state index contributed by atoms with van der Waals surface area (Å²) in [5.74, 6) is 0.589. The van der Waals surface area contributed by atoms with Gasteiger partial charge in [0.05, 0.1) is 0 Å². The normalized spacial score (nSPS) is 14.2. The Balaban J connectivity index is 1.80. The average molecular weight is 289 g/mol. The van der Waals surface area contributed by atoms with Crippen molar-refractivity contribution in [2.75, 3.05) is 0 Å². The van der Waals surface area contributed by atoms with E-state index in [-0.39, 0.29) is 11.6 Å². The molecule has 3 rings (SSSR count). The van der Waals surface area contributed by atoms with Crippen molar-refractivity contribution in [2.45, 2.75) is 32.4 Å². The average Bonchev–Trinajstić information content (AvgIpc) is 3.27. The zero-order valence-electron chi connectivity index (χ0n) is 11.8. The maximum Gasteiger partial charge on any atom is 0.132 e. The first-order chi connectivity index (χ1) is 10.1. The van der Waals surface area contributed by atoms with Crippen molar-refractivity contribution in [1.29, 1.82) is 0 Å². The van der Waals surface area contributed by atoms with E-state index in [1.54, 1.807) is 25.1 Å². The van der Waals surface area contributed by atoms with Crippen LogP contribution in [0, 0.1) is 18.6 Å². The van der Waals surface area contributed by atoms with Crippen LogP contribution < -0.4 is 10.1 Å². The lowest BCUT2D eigenvalue weighted by Crippen LogP contribution is -2.15. The second kappa shape index (κ2) is 5.82. The molecular formula is C17H17F2NO. The Morgan fingerprint density at radius 3 is 2.67 bits per heavy atom. The van der Waals surface area contributed by atoms with Crippen LogP contribution in [0.25, 0.3) is 0 Å². The first kappa shape index (κ1) is 14.0. The molecule has 1 N–H and O–H groups in total. The Hall–Kier alpha value is -1.94. The number of aryl methyl sites for hydroxylation is 1. The zero-order chi connectivity index (χ0) is 14.8. The second-order valence-electron chi connectivity index (χ2n) is 5.42. The molecule has 1 fully saturated rings. The quantitative estimate of drug-likeness (QED) is 0.885. The zero-order valence-corrected chi connectivity index (χ0v) is 11.8. The molecule has 0 amide bonds. The number of hydrogen-bond donors (Lipinski definition) is 1. The van der Waals surface area contributed by atoms with Crippen molar-refractivity contribution in [3.8, 4) is 11.5 Å². The van der Waals surface area contributed by atoms with E-state index in [9.17, 15) is 8.78 Å². The molecule has 2 aromatic rings. The summed E-state index contributed by atoms with van der Waals surface area (Å²) in [6.45, 7) is 2.25. The molecule has 1 saturated carbocycles. The minimum atomic E-state index is -0.287. The van der Waals surface area contributed by atoms with Crippen LogP contribution in [0.15, 0.2) is 36.4 Å². The summed E-state index contributed by atoms with van der Waals surface area (Å²) < 4.78 is 32.5. The molecule has 0 heterocycles. The first-order valence-electron chi connectivity index (χ1n) is 7.07. The van der Waals surface area contributed by atoms with Crippen molar-refractivity contribution < 1.29 is 13.5 Å². The summed E-state index contributed by atoms with van der Waals surface area (Å²) in [7, 11) is 0. The summed E-state index contributed by atoms with van der Waals surface area (Å²) in [4.78, 5) is 0. The van der Waals surface area contributed by atoms with Crippen molar-refractivity contribution in [1.82, 2.24) is 5.32 Å². The van der Waals surface area contributed by atoms with Crippen molar-refractivity contribution >= 4 is 0 Å². The number of ether oxygens (including phenoxy) is 1. The van der Waals surface area contributed by atoms with E-state index in [0.717, 1.165) is 5.56 Å². The second-order valence-corrected chi connectivity index (χ2v) is 5.42. The van der Waals surface area contributed by atoms with E-state index >= 15 is 0 Å². The third-order valence-electron chi connectivity index (χ3n) is 3.54. The van der Waals surface area contributed by atoms with Gasteiger partial charge in [-0.1, -0.05) is 0 Å². The van der Waals surface area contributed by atoms with Gasteiger partial charge in [-0.3, -0.25) is 0 Å². The molecule has 0 atom stereocenters. The van der Waals surface area contributed by atoms with Crippen molar-refractivity contribution in [3.05, 3.63) is 59.2 Å². The molecule has 0 bridgehead atoms. The lowest BCUT2D eigenvalue weighted by Gasteiger charge is -2.12. The van der Waals surface area contributed by atoms with Gasteiger partial charge in [-0.25, -0.2) is 8.78 Å². The van der Waals surface area contributed by atoms with Gasteiger partial charge in [-0.2, -0.15) is 0 Å². The van der Waals surface area contributed by atoms with Gasteiger partial charge < -0.3 is 10.1 Å². The lowest BCUT2D eigenvalue weighted by molar-refractivity contribution is 0.467. The van der Waals surface area contributed by atoms with Crippen LogP contribution in [0.3, 0.4) is 0 Å². The fourth-order valence-corrected chi connectivity index (χ4v) is 2.14. The number of hydrogen-bond acceptors (Lipinski definition) is 2. The fraction of sp³-hybridized carbons (Fsp3) is 0.294. The first-order valence-corrected chi connectivity index (χ1v) is 7.07. The summed E-state index contributed by atoms with van der Waals surface area (Å²) in [6, 6.07) is 9.57. The largest absolute Gasteiger partial charge is 0.457 e. The van der Waals surface area contributed by atoms with Crippen LogP contribution in [-0.2, 0) is 6.54 Å². The number of rotatable bonds is 5. The van der Waals surface area contributed by atoms with Crippen LogP contribution in [0.2, 0.25) is 0 Å². The monoisotopic (exact) mass is 289 g/mol. The van der Waals surface area contributed by atoms with Gasteiger partial charge >= 0.3 is 0 Å². The Morgan fingerprint density at radius 1 is 1.14 bits per heavy atom. The Bertz CT molecular complexity index is 653. The highest BCUT2D eigenvalue weighted by Gasteiger charge is 2.21. The minimum Gasteiger partial charge on any atom is -0.457 e. The number of nitrogens with one attached hydrogen (secondary N) is 1. The Kier molecular flexibility index (Phi) is 3.88. The van der Waals surface area contributed by atoms with E-state index in [1.165, 1.54) is 31.0 Å². The molecule has 0 radical (unpaired) electrons. The number of halogens is 2. The molecule has 0 saturated heterocycles. The Labute approximate surface area is 122 Å². The molecule has 0 aliphatic heterocycles. The van der Waals surface area contributed by atoms with Crippen molar-refractivity contribution in [3.63, 3.8) is 0 Å². The molecule has 110 valence electrons. The third kappa shape index (κ3) is 3.58. The van der Waals surface area contributed by atoms with Crippen LogP contribution in [0.1, 0.15) is 24.0 Å². The SMILES string of the molecule is Cc1cc(Oc2ccc(F)cc2CNC2CC2)ccc1F. The van der Waals surface area contributed by atoms with Gasteiger partial charge in [-0.15, -0.1) is 0 Å². The summed E-state index contributed by atoms with van der Waals surface area (Å²) in [5.41, 5.74) is 1.29. The molecule has 2 aromatic carbocycles. The third-order valence-corrected chi connectivity index (χ3v) is 3.54. The Morgan fingerprint density at radius 2 is 1.95 bits per heavy atom. The summed E-state index contributed by atoms with van der Waals surface area (Å²) in [6.07, 6.45) is 2.34. The van der Waals surface area contributed by atoms with E-state index in [4.69, 9.17) is 4.74 Å². The summed E-state index contributed by atoms with van der Waals surface area (Å²) in [5, 5.41) is 3.34. The van der Waals surface area contributed by atoms with Crippen molar-refractivity contribution in [2.24, 2.45) is 0 Å². The predicted octanol–water partition coefficient (Wildman–Crippen LogP) is 4.32. The highest BCUT2D eigenvalue weighted by molar-refractivity contribution is 5.39. The van der Waals surface area contributed by atoms with Gasteiger partial charge in [0.2, 0.25) is 0 Å². The van der Waals surface area contributed by atoms with E-state index in [2.05, 4.69) is 5.32 Å². The highest BCUT2D eigenvalue weighted by Crippen LogP contribution is 2.28. The number of benzene rings is 2. The van der Waals surface area contributed by atoms with E-state index in [1.807, 2.05) is 0 Å². The molecule has 0 unspecified atom stereocenters. The molecule has 2 nitrogen and oxygen atoms in total. The molecular weight excluding hydrogens is 272 g/mol. The predicted molar refractivity (Wildman–Crippen MR) is 77.5 cm³/mol. The smallest absolute Gasteiger partial charge is 0.132 e. The standard InChI is InChI=1S/C17H17F2NO/c1-11-8-15(5-6-16(11)19)21-17-7-2-13(18)9-12(17)10-20-14-3-4-14/h2,5-9,14,20H,3-4,10H2,1H3.